The molecule has 40 heavy (non-hydrogen) atoms. The minimum atomic E-state index is -0.372. The van der Waals surface area contributed by atoms with Crippen LogP contribution in [0.1, 0.15) is 76.3 Å². The van der Waals surface area contributed by atoms with E-state index in [1.807, 2.05) is 25.3 Å². The second-order valence-corrected chi connectivity index (χ2v) is 12.5. The normalized spacial score (nSPS) is 24.9. The van der Waals surface area contributed by atoms with Gasteiger partial charge in [-0.05, 0) is 80.7 Å². The van der Waals surface area contributed by atoms with Crippen molar-refractivity contribution in [3.63, 3.8) is 0 Å². The molecule has 0 radical (unpaired) electrons. The molecule has 0 unspecified atom stereocenters. The molecule has 1 aliphatic carbocycles. The Morgan fingerprint density at radius 1 is 1.15 bits per heavy atom. The number of methoxy groups -OCH3 is 1. The van der Waals surface area contributed by atoms with Crippen LogP contribution in [-0.4, -0.2) is 65.7 Å². The van der Waals surface area contributed by atoms with E-state index < -0.39 is 0 Å². The third kappa shape index (κ3) is 6.80. The maximum absolute atomic E-state index is 13.8. The lowest BCUT2D eigenvalue weighted by Crippen LogP contribution is -2.68. The Morgan fingerprint density at radius 3 is 2.65 bits per heavy atom. The van der Waals surface area contributed by atoms with Gasteiger partial charge in [-0.25, -0.2) is 0 Å². The summed E-state index contributed by atoms with van der Waals surface area (Å²) in [5, 5.41) is 10.5. The first-order valence-electron chi connectivity index (χ1n) is 15.3. The predicted octanol–water partition coefficient (Wildman–Crippen LogP) is 6.75. The molecule has 1 amide bonds. The molecule has 0 bridgehead atoms. The molecule has 1 heterocycles. The van der Waals surface area contributed by atoms with E-state index in [1.165, 1.54) is 5.56 Å². The van der Waals surface area contributed by atoms with Gasteiger partial charge in [0.1, 0.15) is 5.75 Å². The average molecular weight is 547 g/mol. The molecule has 2 aromatic carbocycles. The number of aryl methyl sites for hydroxylation is 1. The van der Waals surface area contributed by atoms with Crippen LogP contribution < -0.4 is 0 Å². The van der Waals surface area contributed by atoms with Crippen molar-refractivity contribution >= 4 is 5.91 Å². The zero-order chi connectivity index (χ0) is 28.6. The Bertz CT molecular complexity index is 1100. The molecule has 3 atom stereocenters. The van der Waals surface area contributed by atoms with Crippen LogP contribution in [0.5, 0.6) is 5.75 Å². The van der Waals surface area contributed by atoms with Gasteiger partial charge >= 0.3 is 0 Å². The summed E-state index contributed by atoms with van der Waals surface area (Å²) >= 11 is 0. The number of carbonyl (C=O) groups is 1. The van der Waals surface area contributed by atoms with Crippen molar-refractivity contribution in [2.45, 2.75) is 88.7 Å². The number of ether oxygens (including phenoxy) is 1. The van der Waals surface area contributed by atoms with Gasteiger partial charge in [0.2, 0.25) is 5.91 Å². The summed E-state index contributed by atoms with van der Waals surface area (Å²) in [6.45, 7) is 11.8. The number of amides is 1. The Morgan fingerprint density at radius 2 is 1.95 bits per heavy atom. The topological polar surface area (TPSA) is 53.0 Å². The molecule has 1 N–H and O–H groups in total. The maximum Gasteiger partial charge on any atom is 0.222 e. The molecule has 1 aliphatic heterocycles. The number of fused-ring (bicyclic) bond motifs is 1. The Labute approximate surface area is 242 Å². The number of aromatic hydroxyl groups is 1. The van der Waals surface area contributed by atoms with Gasteiger partial charge in [-0.2, -0.15) is 0 Å². The van der Waals surface area contributed by atoms with Gasteiger partial charge in [0.15, 0.2) is 0 Å². The fraction of sp³-hybridized carbons (Fsp3) is 0.571. The Kier molecular flexibility index (Phi) is 10.5. The molecular weight excluding hydrogens is 496 g/mol. The molecule has 1 saturated heterocycles. The Hall–Kier alpha value is -2.63. The van der Waals surface area contributed by atoms with E-state index in [-0.39, 0.29) is 22.8 Å². The highest BCUT2D eigenvalue weighted by Gasteiger charge is 2.59. The standard InChI is InChI=1S/C35H50N2O3/c1-5-22-36-23-21-34(30-16-12-17-32(38)24-30)25-31(19-20-35(34,27-36)40-4)37(26-28(2)3)33(39)18-11-7-10-15-29-13-8-6-9-14-29/h5-6,8-9,12-14,16-17,24,28,31,38H,1,7,10-11,15,18-23,25-27H2,2-4H3/t31-,34-,35-/m0/s1. The van der Waals surface area contributed by atoms with Gasteiger partial charge in [-0.15, -0.1) is 6.58 Å². The SMILES string of the molecule is C=CCN1CC[C@@]2(c3cccc(O)c3)C[C@@H](N(CC(C)C)C(=O)CCCCCc3ccccc3)CC[C@]2(OC)C1. The van der Waals surface area contributed by atoms with E-state index in [1.54, 1.807) is 6.07 Å². The lowest BCUT2D eigenvalue weighted by Gasteiger charge is -2.60. The third-order valence-corrected chi connectivity index (χ3v) is 9.37. The van der Waals surface area contributed by atoms with Gasteiger partial charge in [0.25, 0.3) is 0 Å². The second-order valence-electron chi connectivity index (χ2n) is 12.5. The number of nitrogens with zero attached hydrogens (tertiary/aromatic N) is 2. The molecule has 0 aromatic heterocycles. The van der Waals surface area contributed by atoms with E-state index in [0.717, 1.165) is 83.1 Å². The molecule has 2 aromatic rings. The highest BCUT2D eigenvalue weighted by molar-refractivity contribution is 5.76. The van der Waals surface area contributed by atoms with Crippen LogP contribution in [0, 0.1) is 5.92 Å². The number of hydrogen-bond acceptors (Lipinski definition) is 4. The quantitative estimate of drug-likeness (QED) is 0.223. The zero-order valence-electron chi connectivity index (χ0n) is 25.0. The summed E-state index contributed by atoms with van der Waals surface area (Å²) in [6, 6.07) is 18.6. The summed E-state index contributed by atoms with van der Waals surface area (Å²) in [4.78, 5) is 18.4. The van der Waals surface area contributed by atoms with Crippen molar-refractivity contribution in [2.24, 2.45) is 5.92 Å². The van der Waals surface area contributed by atoms with Crippen molar-refractivity contribution < 1.29 is 14.6 Å². The first kappa shape index (κ1) is 30.3. The smallest absolute Gasteiger partial charge is 0.222 e. The molecule has 5 nitrogen and oxygen atoms in total. The van der Waals surface area contributed by atoms with Crippen LogP contribution in [0.15, 0.2) is 67.3 Å². The van der Waals surface area contributed by atoms with Crippen LogP contribution in [0.4, 0.5) is 0 Å². The number of hydrogen-bond donors (Lipinski definition) is 1. The first-order valence-corrected chi connectivity index (χ1v) is 15.3. The van der Waals surface area contributed by atoms with E-state index in [4.69, 9.17) is 4.74 Å². The van der Waals surface area contributed by atoms with Crippen molar-refractivity contribution in [1.29, 1.82) is 0 Å². The summed E-state index contributed by atoms with van der Waals surface area (Å²) in [5.41, 5.74) is 1.86. The summed E-state index contributed by atoms with van der Waals surface area (Å²) in [7, 11) is 1.85. The van der Waals surface area contributed by atoms with Gasteiger partial charge in [-0.1, -0.05) is 68.8 Å². The molecule has 2 fully saturated rings. The van der Waals surface area contributed by atoms with Crippen LogP contribution in [0.2, 0.25) is 0 Å². The van der Waals surface area contributed by atoms with Crippen LogP contribution in [0.25, 0.3) is 0 Å². The Balaban J connectivity index is 1.52. The minimum Gasteiger partial charge on any atom is -0.508 e. The number of unbranched alkanes of at least 4 members (excludes halogenated alkanes) is 2. The van der Waals surface area contributed by atoms with E-state index >= 15 is 0 Å². The second kappa shape index (κ2) is 13.8. The summed E-state index contributed by atoms with van der Waals surface area (Å²) in [5.74, 6) is 0.985. The minimum absolute atomic E-state index is 0.163. The van der Waals surface area contributed by atoms with E-state index in [9.17, 15) is 9.90 Å². The lowest BCUT2D eigenvalue weighted by atomic mass is 9.55. The van der Waals surface area contributed by atoms with Crippen molar-refractivity contribution in [2.75, 3.05) is 33.3 Å². The zero-order valence-corrected chi connectivity index (χ0v) is 25.0. The fourth-order valence-corrected chi connectivity index (χ4v) is 7.39. The largest absolute Gasteiger partial charge is 0.508 e. The predicted molar refractivity (Wildman–Crippen MR) is 164 cm³/mol. The average Bonchev–Trinajstić information content (AvgIpc) is 2.96. The van der Waals surface area contributed by atoms with Gasteiger partial charge in [0.05, 0.1) is 5.60 Å². The molecule has 4 rings (SSSR count). The number of phenolic OH excluding ortho intramolecular Hbond substituents is 1. The fourth-order valence-electron chi connectivity index (χ4n) is 7.39. The van der Waals surface area contributed by atoms with Crippen molar-refractivity contribution in [1.82, 2.24) is 9.80 Å². The molecule has 1 saturated carbocycles. The highest BCUT2D eigenvalue weighted by Crippen LogP contribution is 2.54. The highest BCUT2D eigenvalue weighted by atomic mass is 16.5. The lowest BCUT2D eigenvalue weighted by molar-refractivity contribution is -0.161. The van der Waals surface area contributed by atoms with Crippen LogP contribution >= 0.6 is 0 Å². The maximum atomic E-state index is 13.8. The summed E-state index contributed by atoms with van der Waals surface area (Å²) < 4.78 is 6.49. The number of piperidine rings is 1. The molecule has 5 heteroatoms. The number of benzene rings is 2. The number of rotatable bonds is 13. The van der Waals surface area contributed by atoms with Crippen molar-refractivity contribution in [3.8, 4) is 5.75 Å². The number of likely N-dealkylation sites (tertiary alicyclic amines) is 1. The van der Waals surface area contributed by atoms with Crippen LogP contribution in [-0.2, 0) is 21.4 Å². The first-order chi connectivity index (χ1) is 19.3. The van der Waals surface area contributed by atoms with E-state index in [2.05, 4.69) is 66.6 Å². The van der Waals surface area contributed by atoms with Crippen molar-refractivity contribution in [3.05, 3.63) is 78.4 Å². The van der Waals surface area contributed by atoms with Gasteiger partial charge in [-0.3, -0.25) is 9.69 Å². The third-order valence-electron chi connectivity index (χ3n) is 9.37. The summed E-state index contributed by atoms with van der Waals surface area (Å²) in [6.07, 6.45) is 10.4. The number of carbonyl (C=O) groups excluding carboxylic acids is 1. The monoisotopic (exact) mass is 546 g/mol. The van der Waals surface area contributed by atoms with Gasteiger partial charge in [0, 0.05) is 44.6 Å². The molecule has 218 valence electrons. The number of phenols is 1. The van der Waals surface area contributed by atoms with Crippen LogP contribution in [0.3, 0.4) is 0 Å². The van der Waals surface area contributed by atoms with Gasteiger partial charge < -0.3 is 14.7 Å². The van der Waals surface area contributed by atoms with E-state index in [0.29, 0.717) is 18.2 Å². The molecule has 0 spiro atoms. The molecule has 2 aliphatic rings. The molecular formula is C35H50N2O3.